The van der Waals surface area contributed by atoms with Crippen molar-refractivity contribution in [3.05, 3.63) is 0 Å². The van der Waals surface area contributed by atoms with Gasteiger partial charge in [-0.1, -0.05) is 6.42 Å². The van der Waals surface area contributed by atoms with Crippen molar-refractivity contribution in [2.45, 2.75) is 25.3 Å². The Morgan fingerprint density at radius 2 is 2.40 bits per heavy atom. The fourth-order valence-corrected chi connectivity index (χ4v) is 0.626. The SMILES string of the molecule is [3H]OC(=O)[C@@H](N)CCCCN. The lowest BCUT2D eigenvalue weighted by Crippen LogP contribution is -2.29. The second-order valence-corrected chi connectivity index (χ2v) is 2.21. The molecule has 0 radical (unpaired) electrons. The van der Waals surface area contributed by atoms with Crippen LogP contribution >= 0.6 is 0 Å². The van der Waals surface area contributed by atoms with Gasteiger partial charge in [0.2, 0.25) is 0 Å². The summed E-state index contributed by atoms with van der Waals surface area (Å²) in [5, 5.41) is 3.70. The molecule has 0 aromatic heterocycles. The van der Waals surface area contributed by atoms with Crippen LogP contribution in [0.3, 0.4) is 0 Å². The third-order valence-corrected chi connectivity index (χ3v) is 1.27. The summed E-state index contributed by atoms with van der Waals surface area (Å²) in [5.74, 6) is -0.679. The van der Waals surface area contributed by atoms with E-state index in [1.165, 1.54) is 0 Å². The minimum atomic E-state index is -0.679. The van der Waals surface area contributed by atoms with Crippen LogP contribution in [0.4, 0.5) is 0 Å². The van der Waals surface area contributed by atoms with Crippen molar-refractivity contribution in [2.24, 2.45) is 11.5 Å². The molecule has 0 spiro atoms. The number of carbonyl (C=O) groups is 1. The number of nitrogens with two attached hydrogens (primary N) is 2. The Morgan fingerprint density at radius 3 is 2.90 bits per heavy atom. The first-order valence-corrected chi connectivity index (χ1v) is 3.35. The maximum Gasteiger partial charge on any atom is 0.320 e. The molecule has 5 N–H and O–H groups in total. The standard InChI is InChI=1S/C6H14N2O2/c7-4-2-1-3-5(8)6(9)10/h5H,1-4,7-8H2,(H,9,10)/t5-/m0/s1/i/hT. The van der Waals surface area contributed by atoms with Crippen molar-refractivity contribution in [3.63, 3.8) is 0 Å². The fraction of sp³-hybridized carbons (Fsp3) is 0.833. The molecule has 0 rings (SSSR count). The van der Waals surface area contributed by atoms with Gasteiger partial charge in [-0.15, -0.1) is 0 Å². The van der Waals surface area contributed by atoms with E-state index in [9.17, 15) is 4.79 Å². The van der Waals surface area contributed by atoms with E-state index in [1.54, 1.807) is 0 Å². The predicted octanol–water partition coefficient (Wildman–Crippen LogP) is -0.473. The van der Waals surface area contributed by atoms with Crippen LogP contribution in [0.25, 0.3) is 1.43 Å². The summed E-state index contributed by atoms with van der Waals surface area (Å²) in [4.78, 5) is 10.5. The lowest BCUT2D eigenvalue weighted by molar-refractivity contribution is -0.138. The smallest absolute Gasteiger partial charge is 0.320 e. The van der Waals surface area contributed by atoms with Crippen LogP contribution in [0.1, 0.15) is 19.3 Å². The summed E-state index contributed by atoms with van der Waals surface area (Å²) in [6, 6.07) is -0.668. The molecule has 0 saturated carbocycles. The van der Waals surface area contributed by atoms with E-state index in [0.29, 0.717) is 13.0 Å². The zero-order valence-corrected chi connectivity index (χ0v) is 5.88. The van der Waals surface area contributed by atoms with E-state index in [1.807, 2.05) is 0 Å². The maximum absolute atomic E-state index is 10.5. The maximum atomic E-state index is 10.5. The highest BCUT2D eigenvalue weighted by Gasteiger charge is 2.09. The van der Waals surface area contributed by atoms with Crippen molar-refractivity contribution in [1.29, 1.82) is 1.43 Å². The molecule has 0 amide bonds. The largest absolute Gasteiger partial charge is 0.480 e. The summed E-state index contributed by atoms with van der Waals surface area (Å²) >= 11 is 0. The van der Waals surface area contributed by atoms with Gasteiger partial charge in [-0.25, -0.2) is 0 Å². The van der Waals surface area contributed by atoms with E-state index in [4.69, 9.17) is 12.9 Å². The zero-order chi connectivity index (χ0) is 8.69. The number of aliphatic carboxylic acids is 1. The van der Waals surface area contributed by atoms with E-state index >= 15 is 0 Å². The van der Waals surface area contributed by atoms with E-state index in [2.05, 4.69) is 5.11 Å². The second kappa shape index (κ2) is 5.20. The fourth-order valence-electron chi connectivity index (χ4n) is 0.626. The van der Waals surface area contributed by atoms with E-state index in [0.717, 1.165) is 12.8 Å². The zero-order valence-electron chi connectivity index (χ0n) is 6.88. The third-order valence-electron chi connectivity index (χ3n) is 1.27. The van der Waals surface area contributed by atoms with Crippen molar-refractivity contribution in [2.75, 3.05) is 6.54 Å². The monoisotopic (exact) mass is 148 g/mol. The van der Waals surface area contributed by atoms with Crippen LogP contribution < -0.4 is 11.5 Å². The Morgan fingerprint density at radius 1 is 1.70 bits per heavy atom. The van der Waals surface area contributed by atoms with Gasteiger partial charge in [0.25, 0.3) is 1.43 Å². The Kier molecular flexibility index (Phi) is 3.90. The number of hydrogen-bond donors (Lipinski definition) is 3. The molecular formula is C6H14N2O2. The molecule has 10 heavy (non-hydrogen) atoms. The van der Waals surface area contributed by atoms with Crippen molar-refractivity contribution < 1.29 is 9.90 Å². The van der Waals surface area contributed by atoms with Crippen LogP contribution in [0, 0.1) is 0 Å². The highest BCUT2D eigenvalue weighted by molar-refractivity contribution is 5.72. The minimum Gasteiger partial charge on any atom is -0.480 e. The molecule has 60 valence electrons. The number of unbranched alkanes of at least 4 members (excludes halogenated alkanes) is 1. The highest BCUT2D eigenvalue weighted by Crippen LogP contribution is 1.96. The van der Waals surface area contributed by atoms with Gasteiger partial charge in [-0.2, -0.15) is 0 Å². The van der Waals surface area contributed by atoms with Crippen molar-refractivity contribution in [3.8, 4) is 0 Å². The average Bonchev–Trinajstić information content (AvgIpc) is 2.03. The number of hydrogen-bond acceptors (Lipinski definition) is 4. The summed E-state index contributed by atoms with van der Waals surface area (Å²) in [5.41, 5.74) is 10.6. The molecule has 0 aromatic rings. The highest BCUT2D eigenvalue weighted by atomic mass is 16.4. The van der Waals surface area contributed by atoms with Crippen LogP contribution in [0.15, 0.2) is 0 Å². The number of carboxylic acids is 1. The first-order valence-electron chi connectivity index (χ1n) is 3.76. The van der Waals surface area contributed by atoms with Crippen molar-refractivity contribution >= 4 is 5.97 Å². The lowest BCUT2D eigenvalue weighted by Gasteiger charge is -2.03. The first kappa shape index (κ1) is 7.50. The quantitative estimate of drug-likeness (QED) is 0.460. The molecule has 0 aliphatic heterocycles. The van der Waals surface area contributed by atoms with Gasteiger partial charge in [-0.05, 0) is 19.4 Å². The number of carboxylic acid groups (broad SMARTS) is 1. The van der Waals surface area contributed by atoms with Gasteiger partial charge in [0.05, 0.1) is 0 Å². The normalized spacial score (nSPS) is 14.0. The second-order valence-electron chi connectivity index (χ2n) is 2.21. The average molecular weight is 148 g/mol. The first-order chi connectivity index (χ1) is 5.22. The topological polar surface area (TPSA) is 89.3 Å². The molecule has 0 aromatic carbocycles. The molecule has 0 saturated heterocycles. The minimum absolute atomic E-state index is 0.537. The van der Waals surface area contributed by atoms with Gasteiger partial charge in [-0.3, -0.25) is 4.79 Å². The van der Waals surface area contributed by atoms with E-state index in [-0.39, 0.29) is 0 Å². The lowest BCUT2D eigenvalue weighted by atomic mass is 10.1. The van der Waals surface area contributed by atoms with E-state index < -0.39 is 12.0 Å². The van der Waals surface area contributed by atoms with Gasteiger partial charge in [0, 0.05) is 0 Å². The summed E-state index contributed by atoms with van der Waals surface area (Å²) < 4.78 is 6.27. The molecule has 4 nitrogen and oxygen atoms in total. The Bertz CT molecular complexity index is 121. The summed E-state index contributed by atoms with van der Waals surface area (Å²) in [6.07, 6.45) is 2.18. The predicted molar refractivity (Wildman–Crippen MR) is 38.5 cm³/mol. The molecule has 0 bridgehead atoms. The van der Waals surface area contributed by atoms with Gasteiger partial charge in [0.15, 0.2) is 0 Å². The Hall–Kier alpha value is -0.610. The molecule has 0 unspecified atom stereocenters. The van der Waals surface area contributed by atoms with Gasteiger partial charge < -0.3 is 16.6 Å². The van der Waals surface area contributed by atoms with Gasteiger partial charge >= 0.3 is 5.97 Å². The molecule has 4 heteroatoms. The molecule has 0 fully saturated rings. The molecule has 0 aliphatic carbocycles. The van der Waals surface area contributed by atoms with Crippen LogP contribution in [0.5, 0.6) is 0 Å². The van der Waals surface area contributed by atoms with Crippen LogP contribution in [-0.2, 0) is 4.79 Å². The van der Waals surface area contributed by atoms with Crippen LogP contribution in [-0.4, -0.2) is 23.7 Å². The molecular weight excluding hydrogens is 132 g/mol. The Labute approximate surface area is 61.7 Å². The third kappa shape index (κ3) is 4.29. The molecule has 1 atom stereocenters. The molecule has 0 heterocycles. The molecule has 0 aliphatic rings. The van der Waals surface area contributed by atoms with Crippen molar-refractivity contribution in [1.82, 2.24) is 0 Å². The Balaban J connectivity index is 3.36. The van der Waals surface area contributed by atoms with Gasteiger partial charge in [0.1, 0.15) is 6.04 Å². The number of rotatable bonds is 5. The summed E-state index contributed by atoms with van der Waals surface area (Å²) in [6.45, 7) is 0.600. The van der Waals surface area contributed by atoms with Crippen LogP contribution in [0.2, 0.25) is 0 Å². The summed E-state index contributed by atoms with van der Waals surface area (Å²) in [7, 11) is 0.